The van der Waals surface area contributed by atoms with Gasteiger partial charge in [-0.05, 0) is 31.5 Å². The molecular formula is C16H25N3O. The summed E-state index contributed by atoms with van der Waals surface area (Å²) in [6.45, 7) is 6.36. The maximum Gasteiger partial charge on any atom is 0.109 e. The Morgan fingerprint density at radius 2 is 2.10 bits per heavy atom. The number of nitrogens with one attached hydrogen (secondary N) is 1. The van der Waals surface area contributed by atoms with E-state index in [2.05, 4.69) is 41.9 Å². The van der Waals surface area contributed by atoms with Crippen LogP contribution >= 0.6 is 0 Å². The van der Waals surface area contributed by atoms with Gasteiger partial charge in [-0.15, -0.1) is 0 Å². The van der Waals surface area contributed by atoms with Crippen LogP contribution in [0.25, 0.3) is 11.0 Å². The van der Waals surface area contributed by atoms with E-state index in [1.165, 1.54) is 5.52 Å². The van der Waals surface area contributed by atoms with Crippen LogP contribution in [0, 0.1) is 0 Å². The van der Waals surface area contributed by atoms with E-state index in [4.69, 9.17) is 4.98 Å². The van der Waals surface area contributed by atoms with E-state index < -0.39 is 0 Å². The summed E-state index contributed by atoms with van der Waals surface area (Å²) >= 11 is 0. The first-order chi connectivity index (χ1) is 9.80. The van der Waals surface area contributed by atoms with Crippen molar-refractivity contribution in [2.24, 2.45) is 0 Å². The molecule has 2 rings (SSSR count). The summed E-state index contributed by atoms with van der Waals surface area (Å²) in [5, 5.41) is 12.8. The van der Waals surface area contributed by atoms with Crippen LogP contribution in [0.5, 0.6) is 0 Å². The molecule has 1 aromatic heterocycles. The zero-order chi connectivity index (χ0) is 14.4. The lowest BCUT2D eigenvalue weighted by Gasteiger charge is -2.20. The van der Waals surface area contributed by atoms with Crippen LogP contribution in [0.3, 0.4) is 0 Å². The second-order valence-electron chi connectivity index (χ2n) is 5.14. The molecular weight excluding hydrogens is 250 g/mol. The molecule has 0 spiro atoms. The number of hydrogen-bond acceptors (Lipinski definition) is 3. The highest BCUT2D eigenvalue weighted by molar-refractivity contribution is 5.75. The summed E-state index contributed by atoms with van der Waals surface area (Å²) in [5.41, 5.74) is 2.24. The largest absolute Gasteiger partial charge is 0.396 e. The fourth-order valence-electron chi connectivity index (χ4n) is 2.58. The first-order valence-electron chi connectivity index (χ1n) is 7.58. The van der Waals surface area contributed by atoms with Crippen molar-refractivity contribution < 1.29 is 5.11 Å². The third-order valence-corrected chi connectivity index (χ3v) is 3.61. The molecule has 2 aromatic rings. The number of rotatable bonds is 8. The van der Waals surface area contributed by atoms with E-state index >= 15 is 0 Å². The minimum Gasteiger partial charge on any atom is -0.396 e. The third-order valence-electron chi connectivity index (χ3n) is 3.61. The molecule has 0 aliphatic rings. The number of para-hydroxylation sites is 2. The topological polar surface area (TPSA) is 50.1 Å². The number of hydrogen-bond donors (Lipinski definition) is 2. The van der Waals surface area contributed by atoms with Crippen molar-refractivity contribution in [2.75, 3.05) is 13.2 Å². The average Bonchev–Trinajstić information content (AvgIpc) is 2.83. The Balaban J connectivity index is 2.25. The van der Waals surface area contributed by atoms with Gasteiger partial charge in [-0.2, -0.15) is 0 Å². The number of nitrogens with zero attached hydrogens (tertiary/aromatic N) is 2. The fourth-order valence-corrected chi connectivity index (χ4v) is 2.58. The molecule has 0 aliphatic carbocycles. The smallest absolute Gasteiger partial charge is 0.109 e. The van der Waals surface area contributed by atoms with Crippen LogP contribution in [0.4, 0.5) is 0 Å². The molecule has 0 aliphatic heterocycles. The Bertz CT molecular complexity index is 536. The molecule has 0 saturated heterocycles. The summed E-state index contributed by atoms with van der Waals surface area (Å²) in [6, 6.07) is 8.56. The molecule has 4 heteroatoms. The van der Waals surface area contributed by atoms with E-state index in [0.717, 1.165) is 43.7 Å². The maximum atomic E-state index is 9.24. The Morgan fingerprint density at radius 3 is 2.80 bits per heavy atom. The van der Waals surface area contributed by atoms with E-state index in [9.17, 15) is 5.11 Å². The molecule has 1 unspecified atom stereocenters. The molecule has 4 nitrogen and oxygen atoms in total. The van der Waals surface area contributed by atoms with Gasteiger partial charge in [0.2, 0.25) is 0 Å². The van der Waals surface area contributed by atoms with E-state index in [-0.39, 0.29) is 6.61 Å². The van der Waals surface area contributed by atoms with Crippen molar-refractivity contribution in [3.63, 3.8) is 0 Å². The molecule has 1 heterocycles. The van der Waals surface area contributed by atoms with Crippen molar-refractivity contribution in [1.82, 2.24) is 14.9 Å². The Hall–Kier alpha value is -1.39. The minimum atomic E-state index is 0.218. The van der Waals surface area contributed by atoms with Crippen molar-refractivity contribution in [1.29, 1.82) is 0 Å². The lowest BCUT2D eigenvalue weighted by atomic mass is 10.2. The highest BCUT2D eigenvalue weighted by Crippen LogP contribution is 2.17. The zero-order valence-corrected chi connectivity index (χ0v) is 12.5. The Morgan fingerprint density at radius 1 is 1.30 bits per heavy atom. The predicted molar refractivity (Wildman–Crippen MR) is 82.9 cm³/mol. The quantitative estimate of drug-likeness (QED) is 0.777. The summed E-state index contributed by atoms with van der Waals surface area (Å²) < 4.78 is 2.29. The van der Waals surface area contributed by atoms with Gasteiger partial charge in [-0.25, -0.2) is 4.98 Å². The highest BCUT2D eigenvalue weighted by Gasteiger charge is 2.14. The SMILES string of the molecule is CCCNC(CCO)Cn1c(CC)nc2ccccc21. The van der Waals surface area contributed by atoms with Gasteiger partial charge in [0.15, 0.2) is 0 Å². The molecule has 110 valence electrons. The van der Waals surface area contributed by atoms with Gasteiger partial charge in [0.25, 0.3) is 0 Å². The average molecular weight is 275 g/mol. The van der Waals surface area contributed by atoms with Crippen molar-refractivity contribution in [3.05, 3.63) is 30.1 Å². The molecule has 20 heavy (non-hydrogen) atoms. The third kappa shape index (κ3) is 3.38. The molecule has 0 radical (unpaired) electrons. The number of imidazole rings is 1. The van der Waals surface area contributed by atoms with Gasteiger partial charge >= 0.3 is 0 Å². The number of fused-ring (bicyclic) bond motifs is 1. The first-order valence-corrected chi connectivity index (χ1v) is 7.58. The monoisotopic (exact) mass is 275 g/mol. The summed E-state index contributed by atoms with van der Waals surface area (Å²) in [5.74, 6) is 1.12. The first kappa shape index (κ1) is 15.0. The second-order valence-corrected chi connectivity index (χ2v) is 5.14. The van der Waals surface area contributed by atoms with Gasteiger partial charge in [0.1, 0.15) is 5.82 Å². The number of aliphatic hydroxyl groups excluding tert-OH is 1. The molecule has 1 aromatic carbocycles. The van der Waals surface area contributed by atoms with Crippen LogP contribution < -0.4 is 5.32 Å². The van der Waals surface area contributed by atoms with Crippen molar-refractivity contribution >= 4 is 11.0 Å². The minimum absolute atomic E-state index is 0.218. The van der Waals surface area contributed by atoms with E-state index in [1.54, 1.807) is 0 Å². The number of aliphatic hydroxyl groups is 1. The molecule has 0 bridgehead atoms. The molecule has 0 fully saturated rings. The van der Waals surface area contributed by atoms with Crippen LogP contribution in [0.15, 0.2) is 24.3 Å². The molecule has 2 N–H and O–H groups in total. The van der Waals surface area contributed by atoms with Crippen LogP contribution in [0.1, 0.15) is 32.5 Å². The maximum absolute atomic E-state index is 9.24. The van der Waals surface area contributed by atoms with Gasteiger partial charge in [0.05, 0.1) is 11.0 Å². The van der Waals surface area contributed by atoms with Crippen molar-refractivity contribution in [2.45, 2.75) is 45.7 Å². The van der Waals surface area contributed by atoms with Crippen molar-refractivity contribution in [3.8, 4) is 0 Å². The van der Waals surface area contributed by atoms with Gasteiger partial charge < -0.3 is 15.0 Å². The van der Waals surface area contributed by atoms with E-state index in [0.29, 0.717) is 6.04 Å². The van der Waals surface area contributed by atoms with Crippen LogP contribution in [0.2, 0.25) is 0 Å². The highest BCUT2D eigenvalue weighted by atomic mass is 16.3. The zero-order valence-electron chi connectivity index (χ0n) is 12.5. The van der Waals surface area contributed by atoms with Crippen LogP contribution in [-0.4, -0.2) is 33.9 Å². The lowest BCUT2D eigenvalue weighted by Crippen LogP contribution is -2.35. The van der Waals surface area contributed by atoms with Gasteiger partial charge in [-0.1, -0.05) is 26.0 Å². The second kappa shape index (κ2) is 7.41. The summed E-state index contributed by atoms with van der Waals surface area (Å²) in [6.07, 6.45) is 2.80. The standard InChI is InChI=1S/C16H25N3O/c1-3-10-17-13(9-11-20)12-19-15-8-6-5-7-14(15)18-16(19)4-2/h5-8,13,17,20H,3-4,9-12H2,1-2H3. The number of benzene rings is 1. The number of aromatic nitrogens is 2. The summed E-state index contributed by atoms with van der Waals surface area (Å²) in [4.78, 5) is 4.70. The number of aryl methyl sites for hydroxylation is 1. The predicted octanol–water partition coefficient (Wildman–Crippen LogP) is 2.35. The Labute approximate surface area is 120 Å². The fraction of sp³-hybridized carbons (Fsp3) is 0.562. The molecule has 0 amide bonds. The van der Waals surface area contributed by atoms with Gasteiger partial charge in [-0.3, -0.25) is 0 Å². The molecule has 0 saturated carbocycles. The normalized spacial score (nSPS) is 12.9. The van der Waals surface area contributed by atoms with E-state index in [1.807, 2.05) is 6.07 Å². The summed E-state index contributed by atoms with van der Waals surface area (Å²) in [7, 11) is 0. The molecule has 1 atom stereocenters. The Kier molecular flexibility index (Phi) is 5.56. The van der Waals surface area contributed by atoms with Gasteiger partial charge in [0, 0.05) is 25.6 Å². The lowest BCUT2D eigenvalue weighted by molar-refractivity contribution is 0.256. The van der Waals surface area contributed by atoms with Crippen LogP contribution in [-0.2, 0) is 13.0 Å².